The van der Waals surface area contributed by atoms with Crippen molar-refractivity contribution in [1.82, 2.24) is 5.32 Å². The summed E-state index contributed by atoms with van der Waals surface area (Å²) in [6, 6.07) is 0.405. The maximum absolute atomic E-state index is 11.2. The Kier molecular flexibility index (Phi) is 8.33. The Bertz CT molecular complexity index is 169. The first-order valence-electron chi connectivity index (χ1n) is 5.53. The lowest BCUT2D eigenvalue weighted by Gasteiger charge is -2.09. The Hall–Kier alpha value is -0.610. The van der Waals surface area contributed by atoms with E-state index in [1.54, 1.807) is 0 Å². The molecule has 0 unspecified atom stereocenters. The summed E-state index contributed by atoms with van der Waals surface area (Å²) in [7, 11) is 0. The van der Waals surface area contributed by atoms with Gasteiger partial charge in [0.1, 0.15) is 6.61 Å². The molecule has 1 N–H and O–H groups in total. The van der Waals surface area contributed by atoms with E-state index in [4.69, 9.17) is 9.47 Å². The smallest absolute Gasteiger partial charge is 0.307 e. The van der Waals surface area contributed by atoms with E-state index in [-0.39, 0.29) is 12.1 Å². The second-order valence-electron chi connectivity index (χ2n) is 4.00. The zero-order valence-electron chi connectivity index (χ0n) is 10.2. The highest BCUT2D eigenvalue weighted by molar-refractivity contribution is 5.69. The van der Waals surface area contributed by atoms with Gasteiger partial charge in [0.2, 0.25) is 0 Å². The van der Waals surface area contributed by atoms with Gasteiger partial charge in [-0.3, -0.25) is 4.79 Å². The van der Waals surface area contributed by atoms with Gasteiger partial charge in [-0.15, -0.1) is 0 Å². The number of nitrogens with one attached hydrogen (secondary N) is 1. The van der Waals surface area contributed by atoms with Crippen LogP contribution in [0.2, 0.25) is 0 Å². The van der Waals surface area contributed by atoms with Crippen LogP contribution in [0.1, 0.15) is 34.1 Å². The number of carbonyl (C=O) groups excluding carboxylic acids is 1. The van der Waals surface area contributed by atoms with Gasteiger partial charge in [-0.25, -0.2) is 0 Å². The van der Waals surface area contributed by atoms with Crippen molar-refractivity contribution in [2.24, 2.45) is 0 Å². The first kappa shape index (κ1) is 14.4. The van der Waals surface area contributed by atoms with Gasteiger partial charge in [0, 0.05) is 12.6 Å². The number of hydrogen-bond donors (Lipinski definition) is 1. The lowest BCUT2D eigenvalue weighted by Crippen LogP contribution is -2.26. The highest BCUT2D eigenvalue weighted by Gasteiger charge is 2.03. The van der Waals surface area contributed by atoms with E-state index in [9.17, 15) is 4.79 Å². The lowest BCUT2D eigenvalue weighted by atomic mass is 10.3. The second-order valence-corrected chi connectivity index (χ2v) is 4.00. The quantitative estimate of drug-likeness (QED) is 0.492. The van der Waals surface area contributed by atoms with E-state index in [1.165, 1.54) is 0 Å². The molecule has 0 saturated carbocycles. The maximum Gasteiger partial charge on any atom is 0.307 e. The standard InChI is InChI=1S/C11H23NO3/c1-9(2)12-6-5-11(13)15-8-7-14-10(3)4/h9-10,12H,5-8H2,1-4H3. The molecule has 0 amide bonds. The Morgan fingerprint density at radius 2 is 1.87 bits per heavy atom. The summed E-state index contributed by atoms with van der Waals surface area (Å²) in [5.74, 6) is -0.171. The van der Waals surface area contributed by atoms with Crippen LogP contribution in [0.3, 0.4) is 0 Å². The molecule has 0 spiro atoms. The minimum Gasteiger partial charge on any atom is -0.463 e. The summed E-state index contributed by atoms with van der Waals surface area (Å²) in [6.07, 6.45) is 0.603. The van der Waals surface area contributed by atoms with Crippen molar-refractivity contribution in [3.63, 3.8) is 0 Å². The minimum absolute atomic E-state index is 0.171. The monoisotopic (exact) mass is 217 g/mol. The van der Waals surface area contributed by atoms with Gasteiger partial charge in [-0.2, -0.15) is 0 Å². The van der Waals surface area contributed by atoms with Crippen LogP contribution >= 0.6 is 0 Å². The van der Waals surface area contributed by atoms with E-state index in [0.717, 1.165) is 0 Å². The molecule has 0 saturated heterocycles. The normalized spacial score (nSPS) is 11.1. The molecule has 4 heteroatoms. The zero-order chi connectivity index (χ0) is 11.7. The molecular weight excluding hydrogens is 194 g/mol. The van der Waals surface area contributed by atoms with Gasteiger partial charge >= 0.3 is 5.97 Å². The number of hydrogen-bond acceptors (Lipinski definition) is 4. The van der Waals surface area contributed by atoms with Gasteiger partial charge in [0.15, 0.2) is 0 Å². The molecule has 0 aliphatic carbocycles. The Morgan fingerprint density at radius 1 is 1.20 bits per heavy atom. The third-order valence-electron chi connectivity index (χ3n) is 1.68. The van der Waals surface area contributed by atoms with Crippen molar-refractivity contribution in [2.75, 3.05) is 19.8 Å². The van der Waals surface area contributed by atoms with Crippen molar-refractivity contribution in [3.8, 4) is 0 Å². The van der Waals surface area contributed by atoms with E-state index in [1.807, 2.05) is 27.7 Å². The Morgan fingerprint density at radius 3 is 2.40 bits per heavy atom. The molecule has 0 aromatic heterocycles. The van der Waals surface area contributed by atoms with E-state index in [2.05, 4.69) is 5.32 Å². The molecule has 4 nitrogen and oxygen atoms in total. The van der Waals surface area contributed by atoms with Crippen LogP contribution in [-0.4, -0.2) is 37.9 Å². The molecule has 0 aliphatic rings. The van der Waals surface area contributed by atoms with Crippen LogP contribution in [0.25, 0.3) is 0 Å². The molecule has 0 atom stereocenters. The van der Waals surface area contributed by atoms with Gasteiger partial charge in [0.25, 0.3) is 0 Å². The van der Waals surface area contributed by atoms with Crippen LogP contribution in [0.5, 0.6) is 0 Å². The number of carbonyl (C=O) groups is 1. The minimum atomic E-state index is -0.171. The number of rotatable bonds is 8. The molecule has 15 heavy (non-hydrogen) atoms. The maximum atomic E-state index is 11.2. The molecule has 0 heterocycles. The van der Waals surface area contributed by atoms with E-state index in [0.29, 0.717) is 32.2 Å². The molecule has 0 radical (unpaired) electrons. The van der Waals surface area contributed by atoms with Crippen molar-refractivity contribution < 1.29 is 14.3 Å². The Balaban J connectivity index is 3.26. The molecule has 0 aromatic carbocycles. The molecule has 0 aliphatic heterocycles. The number of ether oxygens (including phenoxy) is 2. The van der Waals surface area contributed by atoms with Crippen LogP contribution < -0.4 is 5.32 Å². The van der Waals surface area contributed by atoms with Gasteiger partial charge in [-0.1, -0.05) is 13.8 Å². The van der Waals surface area contributed by atoms with Crippen LogP contribution in [0.4, 0.5) is 0 Å². The van der Waals surface area contributed by atoms with Crippen molar-refractivity contribution in [3.05, 3.63) is 0 Å². The van der Waals surface area contributed by atoms with Crippen molar-refractivity contribution in [1.29, 1.82) is 0 Å². The molecule has 0 fully saturated rings. The van der Waals surface area contributed by atoms with Gasteiger partial charge in [0.05, 0.1) is 19.1 Å². The fraction of sp³-hybridized carbons (Fsp3) is 0.909. The average Bonchev–Trinajstić information content (AvgIpc) is 2.11. The highest BCUT2D eigenvalue weighted by Crippen LogP contribution is 1.90. The summed E-state index contributed by atoms with van der Waals surface area (Å²) in [6.45, 7) is 9.48. The Labute approximate surface area is 92.3 Å². The number of esters is 1. The predicted octanol–water partition coefficient (Wildman–Crippen LogP) is 1.34. The molecule has 0 aromatic rings. The summed E-state index contributed by atoms with van der Waals surface area (Å²) in [4.78, 5) is 11.2. The summed E-state index contributed by atoms with van der Waals surface area (Å²) >= 11 is 0. The fourth-order valence-electron chi connectivity index (χ4n) is 0.974. The topological polar surface area (TPSA) is 47.6 Å². The molecular formula is C11H23NO3. The highest BCUT2D eigenvalue weighted by atomic mass is 16.6. The van der Waals surface area contributed by atoms with Gasteiger partial charge in [-0.05, 0) is 13.8 Å². The molecule has 0 bridgehead atoms. The third-order valence-corrected chi connectivity index (χ3v) is 1.68. The van der Waals surface area contributed by atoms with Crippen LogP contribution in [0.15, 0.2) is 0 Å². The summed E-state index contributed by atoms with van der Waals surface area (Å²) in [5.41, 5.74) is 0. The first-order valence-corrected chi connectivity index (χ1v) is 5.53. The molecule has 0 rings (SSSR count). The van der Waals surface area contributed by atoms with Gasteiger partial charge < -0.3 is 14.8 Å². The first-order chi connectivity index (χ1) is 7.02. The summed E-state index contributed by atoms with van der Waals surface area (Å²) in [5, 5.41) is 3.15. The molecule has 90 valence electrons. The third kappa shape index (κ3) is 11.3. The second kappa shape index (κ2) is 8.68. The SMILES string of the molecule is CC(C)NCCC(=O)OCCOC(C)C. The summed E-state index contributed by atoms with van der Waals surface area (Å²) < 4.78 is 10.2. The van der Waals surface area contributed by atoms with E-state index >= 15 is 0 Å². The zero-order valence-corrected chi connectivity index (χ0v) is 10.2. The fourth-order valence-corrected chi connectivity index (χ4v) is 0.974. The van der Waals surface area contributed by atoms with Crippen LogP contribution in [0, 0.1) is 0 Å². The van der Waals surface area contributed by atoms with E-state index < -0.39 is 0 Å². The van der Waals surface area contributed by atoms with Crippen LogP contribution in [-0.2, 0) is 14.3 Å². The van der Waals surface area contributed by atoms with Crippen molar-refractivity contribution in [2.45, 2.75) is 46.3 Å². The largest absolute Gasteiger partial charge is 0.463 e. The predicted molar refractivity (Wildman–Crippen MR) is 59.8 cm³/mol. The average molecular weight is 217 g/mol. The lowest BCUT2D eigenvalue weighted by molar-refractivity contribution is -0.145. The van der Waals surface area contributed by atoms with Crippen molar-refractivity contribution >= 4 is 5.97 Å².